The van der Waals surface area contributed by atoms with Crippen molar-refractivity contribution >= 4 is 41.3 Å². The van der Waals surface area contributed by atoms with Crippen LogP contribution >= 0.6 is 35.3 Å². The van der Waals surface area contributed by atoms with Gasteiger partial charge in [0.2, 0.25) is 0 Å². The highest BCUT2D eigenvalue weighted by atomic mass is 127. The van der Waals surface area contributed by atoms with Gasteiger partial charge in [-0.15, -0.1) is 48.5 Å². The molecule has 1 aliphatic rings. The molecule has 1 aromatic heterocycles. The molecule has 3 rings (SSSR count). The maximum Gasteiger partial charge on any atom is 0.573 e. The van der Waals surface area contributed by atoms with Crippen LogP contribution in [-0.2, 0) is 13.1 Å². The third-order valence-corrected chi connectivity index (χ3v) is 5.74. The Bertz CT molecular complexity index is 836. The molecule has 6 nitrogen and oxygen atoms in total. The van der Waals surface area contributed by atoms with E-state index in [9.17, 15) is 13.2 Å². The molecule has 1 fully saturated rings. The van der Waals surface area contributed by atoms with Gasteiger partial charge in [-0.05, 0) is 56.5 Å². The van der Waals surface area contributed by atoms with E-state index in [1.54, 1.807) is 11.3 Å². The Morgan fingerprint density at radius 1 is 1.29 bits per heavy atom. The van der Waals surface area contributed by atoms with Gasteiger partial charge < -0.3 is 15.8 Å². The van der Waals surface area contributed by atoms with Crippen molar-refractivity contribution in [3.05, 3.63) is 45.9 Å². The van der Waals surface area contributed by atoms with E-state index in [1.807, 2.05) is 6.92 Å². The molecule has 1 aliphatic heterocycles. The second kappa shape index (κ2) is 11.9. The number of hydrogen-bond donors (Lipinski definition) is 2. The minimum atomic E-state index is -4.69. The van der Waals surface area contributed by atoms with Crippen LogP contribution in [0.5, 0.6) is 5.75 Å². The van der Waals surface area contributed by atoms with Gasteiger partial charge in [-0.25, -0.2) is 9.98 Å². The summed E-state index contributed by atoms with van der Waals surface area (Å²) in [5.41, 5.74) is 7.82. The number of thiazole rings is 1. The normalized spacial score (nSPS) is 16.1. The molecule has 1 aromatic carbocycles. The van der Waals surface area contributed by atoms with Crippen LogP contribution in [-0.4, -0.2) is 41.8 Å². The van der Waals surface area contributed by atoms with Crippen molar-refractivity contribution in [1.82, 2.24) is 15.2 Å². The zero-order valence-corrected chi connectivity index (χ0v) is 20.3. The third kappa shape index (κ3) is 9.19. The molecule has 0 aliphatic carbocycles. The van der Waals surface area contributed by atoms with Crippen molar-refractivity contribution in [2.45, 2.75) is 39.2 Å². The number of nitrogens with two attached hydrogens (primary N) is 1. The van der Waals surface area contributed by atoms with Crippen LogP contribution in [0.3, 0.4) is 0 Å². The smallest absolute Gasteiger partial charge is 0.406 e. The number of guanidine groups is 1. The van der Waals surface area contributed by atoms with Gasteiger partial charge in [0.25, 0.3) is 0 Å². The van der Waals surface area contributed by atoms with Crippen LogP contribution < -0.4 is 15.8 Å². The zero-order chi connectivity index (χ0) is 21.6. The second-order valence-corrected chi connectivity index (χ2v) is 8.41. The molecule has 11 heteroatoms. The highest BCUT2D eigenvalue weighted by Crippen LogP contribution is 2.23. The molecule has 31 heavy (non-hydrogen) atoms. The number of aliphatic imine (C=N–C) groups is 1. The fourth-order valence-electron chi connectivity index (χ4n) is 3.34. The van der Waals surface area contributed by atoms with Gasteiger partial charge in [-0.1, -0.05) is 12.1 Å². The summed E-state index contributed by atoms with van der Waals surface area (Å²) in [6.45, 7) is 6.04. The quantitative estimate of drug-likeness (QED) is 0.296. The van der Waals surface area contributed by atoms with Crippen LogP contribution in [0, 0.1) is 12.8 Å². The summed E-state index contributed by atoms with van der Waals surface area (Å²) < 4.78 is 40.4. The molecule has 2 heterocycles. The highest BCUT2D eigenvalue weighted by Gasteiger charge is 2.30. The van der Waals surface area contributed by atoms with Crippen LogP contribution in [0.1, 0.15) is 29.1 Å². The maximum atomic E-state index is 12.2. The number of alkyl halides is 3. The summed E-state index contributed by atoms with van der Waals surface area (Å²) in [5.74, 6) is 0.620. The number of piperidine rings is 1. The van der Waals surface area contributed by atoms with Crippen LogP contribution in [0.4, 0.5) is 13.2 Å². The van der Waals surface area contributed by atoms with Crippen molar-refractivity contribution in [3.8, 4) is 5.75 Å². The first-order valence-electron chi connectivity index (χ1n) is 9.78. The molecule has 0 spiro atoms. The Balaban J connectivity index is 0.00000341. The number of nitrogens with zero attached hydrogens (tertiary/aromatic N) is 3. The number of hydrogen-bond acceptors (Lipinski definition) is 5. The van der Waals surface area contributed by atoms with Gasteiger partial charge in [0.15, 0.2) is 5.96 Å². The lowest BCUT2D eigenvalue weighted by molar-refractivity contribution is -0.274. The van der Waals surface area contributed by atoms with E-state index in [2.05, 4.69) is 30.3 Å². The van der Waals surface area contributed by atoms with Gasteiger partial charge >= 0.3 is 6.36 Å². The fourth-order valence-corrected chi connectivity index (χ4v) is 3.94. The van der Waals surface area contributed by atoms with Crippen molar-refractivity contribution in [1.29, 1.82) is 0 Å². The average molecular weight is 569 g/mol. The first-order valence-corrected chi connectivity index (χ1v) is 10.7. The maximum absolute atomic E-state index is 12.2. The number of halogens is 4. The van der Waals surface area contributed by atoms with Gasteiger partial charge in [-0.2, -0.15) is 0 Å². The van der Waals surface area contributed by atoms with Gasteiger partial charge in [0.05, 0.1) is 17.2 Å². The predicted molar refractivity (Wildman–Crippen MR) is 127 cm³/mol. The van der Waals surface area contributed by atoms with Crippen molar-refractivity contribution < 1.29 is 17.9 Å². The topological polar surface area (TPSA) is 75.8 Å². The van der Waals surface area contributed by atoms with E-state index < -0.39 is 6.36 Å². The average Bonchev–Trinajstić information content (AvgIpc) is 3.10. The first kappa shape index (κ1) is 25.7. The van der Waals surface area contributed by atoms with Gasteiger partial charge in [0, 0.05) is 18.5 Å². The first-order chi connectivity index (χ1) is 14.3. The summed E-state index contributed by atoms with van der Waals surface area (Å²) in [6.07, 6.45) is -2.52. The largest absolute Gasteiger partial charge is 0.573 e. The molecule has 0 atom stereocenters. The lowest BCUT2D eigenvalue weighted by atomic mass is 9.97. The number of benzene rings is 1. The van der Waals surface area contributed by atoms with E-state index in [0.29, 0.717) is 11.9 Å². The van der Waals surface area contributed by atoms with E-state index in [-0.39, 0.29) is 36.3 Å². The lowest BCUT2D eigenvalue weighted by Crippen LogP contribution is -2.40. The molecule has 0 bridgehead atoms. The molecule has 172 valence electrons. The van der Waals surface area contributed by atoms with E-state index >= 15 is 0 Å². The monoisotopic (exact) mass is 569 g/mol. The van der Waals surface area contributed by atoms with Crippen molar-refractivity contribution in [3.63, 3.8) is 0 Å². The van der Waals surface area contributed by atoms with E-state index in [0.717, 1.165) is 55.3 Å². The minimum absolute atomic E-state index is 0. The summed E-state index contributed by atoms with van der Waals surface area (Å²) in [6, 6.07) is 5.61. The Labute approximate surface area is 201 Å². The molecule has 0 radical (unpaired) electrons. The SMILES string of the molecule is Cc1nc(CN2CCC(CNC(N)=NCc3ccc(OC(F)(F)F)cc3)CC2)cs1.I. The number of ether oxygens (including phenoxy) is 1. The summed E-state index contributed by atoms with van der Waals surface area (Å²) in [5, 5.41) is 6.38. The molecule has 0 amide bonds. The Morgan fingerprint density at radius 2 is 1.97 bits per heavy atom. The van der Waals surface area contributed by atoms with Gasteiger partial charge in [0.1, 0.15) is 5.75 Å². The number of rotatable bonds is 7. The standard InChI is InChI=1S/C20H26F3N5OS.HI/c1-14-27-17(13-30-14)12-28-8-6-16(7-9-28)11-26-19(24)25-10-15-2-4-18(5-3-15)29-20(21,22)23;/h2-5,13,16H,6-12H2,1H3,(H3,24,25,26);1H. The molecule has 0 saturated carbocycles. The Morgan fingerprint density at radius 3 is 2.55 bits per heavy atom. The molecule has 3 N–H and O–H groups in total. The lowest BCUT2D eigenvalue weighted by Gasteiger charge is -2.31. The van der Waals surface area contributed by atoms with Crippen molar-refractivity contribution in [2.75, 3.05) is 19.6 Å². The van der Waals surface area contributed by atoms with Crippen molar-refractivity contribution in [2.24, 2.45) is 16.6 Å². The number of likely N-dealkylation sites (tertiary alicyclic amines) is 1. The fraction of sp³-hybridized carbons (Fsp3) is 0.500. The summed E-state index contributed by atoms with van der Waals surface area (Å²) in [7, 11) is 0. The minimum Gasteiger partial charge on any atom is -0.406 e. The zero-order valence-electron chi connectivity index (χ0n) is 17.2. The molecular formula is C20H27F3IN5OS. The third-order valence-electron chi connectivity index (χ3n) is 4.92. The van der Waals surface area contributed by atoms with Crippen LogP contribution in [0.25, 0.3) is 0 Å². The van der Waals surface area contributed by atoms with E-state index in [1.165, 1.54) is 24.3 Å². The Kier molecular flexibility index (Phi) is 9.82. The predicted octanol–water partition coefficient (Wildman–Crippen LogP) is 4.28. The second-order valence-electron chi connectivity index (χ2n) is 7.35. The van der Waals surface area contributed by atoms with Gasteiger partial charge in [-0.3, -0.25) is 4.90 Å². The molecular weight excluding hydrogens is 542 g/mol. The van der Waals surface area contributed by atoms with Crippen LogP contribution in [0.15, 0.2) is 34.6 Å². The molecule has 1 saturated heterocycles. The summed E-state index contributed by atoms with van der Waals surface area (Å²) in [4.78, 5) is 11.2. The molecule has 2 aromatic rings. The molecule has 0 unspecified atom stereocenters. The highest BCUT2D eigenvalue weighted by molar-refractivity contribution is 14.0. The number of aryl methyl sites for hydroxylation is 1. The number of nitrogens with one attached hydrogen (secondary N) is 1. The van der Waals surface area contributed by atoms with Crippen LogP contribution in [0.2, 0.25) is 0 Å². The Hall–Kier alpha value is -1.60. The summed E-state index contributed by atoms with van der Waals surface area (Å²) >= 11 is 1.68. The van der Waals surface area contributed by atoms with E-state index in [4.69, 9.17) is 5.73 Å². The number of aromatic nitrogens is 1.